The van der Waals surface area contributed by atoms with E-state index in [2.05, 4.69) is 27.7 Å². The smallest absolute Gasteiger partial charge is 0.0355 e. The van der Waals surface area contributed by atoms with Crippen LogP contribution in [0.4, 0.5) is 0 Å². The van der Waals surface area contributed by atoms with Gasteiger partial charge in [-0.1, -0.05) is 27.7 Å². The van der Waals surface area contributed by atoms with Gasteiger partial charge in [-0.3, -0.25) is 0 Å². The van der Waals surface area contributed by atoms with E-state index in [1.54, 1.807) is 12.8 Å². The van der Waals surface area contributed by atoms with Gasteiger partial charge in [0.05, 0.1) is 0 Å². The molecule has 0 aromatic heterocycles. The standard InChI is InChI=1S/C15H28/c1-10(2)12-5-6-13(9-12)15-8-7-14(15)11(3)4/h10-15H,5-9H2,1-4H3. The summed E-state index contributed by atoms with van der Waals surface area (Å²) >= 11 is 0. The summed E-state index contributed by atoms with van der Waals surface area (Å²) in [6.07, 6.45) is 7.66. The Morgan fingerprint density at radius 1 is 0.800 bits per heavy atom. The van der Waals surface area contributed by atoms with E-state index >= 15 is 0 Å². The van der Waals surface area contributed by atoms with E-state index in [9.17, 15) is 0 Å². The fraction of sp³-hybridized carbons (Fsp3) is 1.00. The van der Waals surface area contributed by atoms with E-state index in [1.165, 1.54) is 19.3 Å². The van der Waals surface area contributed by atoms with Gasteiger partial charge in [-0.15, -0.1) is 0 Å². The molecular formula is C15H28. The topological polar surface area (TPSA) is 0 Å². The van der Waals surface area contributed by atoms with Crippen molar-refractivity contribution in [2.75, 3.05) is 0 Å². The highest BCUT2D eigenvalue weighted by atomic mass is 14.5. The summed E-state index contributed by atoms with van der Waals surface area (Å²) in [4.78, 5) is 0. The van der Waals surface area contributed by atoms with Crippen molar-refractivity contribution >= 4 is 0 Å². The minimum Gasteiger partial charge on any atom is -0.0625 e. The third kappa shape index (κ3) is 2.24. The van der Waals surface area contributed by atoms with E-state index in [0.717, 1.165) is 35.5 Å². The molecule has 4 unspecified atom stereocenters. The Hall–Kier alpha value is 0. The summed E-state index contributed by atoms with van der Waals surface area (Å²) in [7, 11) is 0. The molecule has 15 heavy (non-hydrogen) atoms. The van der Waals surface area contributed by atoms with Crippen LogP contribution in [-0.4, -0.2) is 0 Å². The van der Waals surface area contributed by atoms with E-state index in [-0.39, 0.29) is 0 Å². The predicted molar refractivity (Wildman–Crippen MR) is 66.7 cm³/mol. The minimum absolute atomic E-state index is 0.924. The third-order valence-corrected chi connectivity index (χ3v) is 5.30. The van der Waals surface area contributed by atoms with Crippen LogP contribution in [0.25, 0.3) is 0 Å². The van der Waals surface area contributed by atoms with Crippen LogP contribution in [0.1, 0.15) is 59.8 Å². The lowest BCUT2D eigenvalue weighted by atomic mass is 9.62. The van der Waals surface area contributed by atoms with E-state index in [0.29, 0.717) is 0 Å². The average molecular weight is 208 g/mol. The second kappa shape index (κ2) is 4.47. The van der Waals surface area contributed by atoms with Crippen molar-refractivity contribution in [2.45, 2.75) is 59.8 Å². The fourth-order valence-corrected chi connectivity index (χ4v) is 4.01. The van der Waals surface area contributed by atoms with Gasteiger partial charge in [-0.05, 0) is 67.6 Å². The van der Waals surface area contributed by atoms with Gasteiger partial charge >= 0.3 is 0 Å². The average Bonchev–Trinajstić information content (AvgIpc) is 2.49. The van der Waals surface area contributed by atoms with Gasteiger partial charge in [0.1, 0.15) is 0 Å². The Balaban J connectivity index is 1.86. The summed E-state index contributed by atoms with van der Waals surface area (Å²) < 4.78 is 0. The minimum atomic E-state index is 0.924. The van der Waals surface area contributed by atoms with Gasteiger partial charge in [0.15, 0.2) is 0 Å². The summed E-state index contributed by atoms with van der Waals surface area (Å²) in [6, 6.07) is 0. The first-order chi connectivity index (χ1) is 7.09. The van der Waals surface area contributed by atoms with Crippen LogP contribution < -0.4 is 0 Å². The Labute approximate surface area is 95.8 Å². The molecule has 0 radical (unpaired) electrons. The Bertz CT molecular complexity index is 204. The molecule has 0 heteroatoms. The quantitative estimate of drug-likeness (QED) is 0.628. The van der Waals surface area contributed by atoms with Crippen molar-refractivity contribution in [1.29, 1.82) is 0 Å². The molecule has 0 aromatic rings. The van der Waals surface area contributed by atoms with Crippen molar-refractivity contribution < 1.29 is 0 Å². The van der Waals surface area contributed by atoms with Crippen LogP contribution in [-0.2, 0) is 0 Å². The van der Waals surface area contributed by atoms with E-state index in [1.807, 2.05) is 0 Å². The molecule has 2 fully saturated rings. The second-order valence-electron chi connectivity index (χ2n) is 6.73. The summed E-state index contributed by atoms with van der Waals surface area (Å²) in [6.45, 7) is 9.67. The molecule has 0 bridgehead atoms. The van der Waals surface area contributed by atoms with Gasteiger partial charge in [-0.25, -0.2) is 0 Å². The molecule has 0 saturated heterocycles. The fourth-order valence-electron chi connectivity index (χ4n) is 4.01. The van der Waals surface area contributed by atoms with Gasteiger partial charge in [0.2, 0.25) is 0 Å². The molecule has 0 nitrogen and oxygen atoms in total. The highest BCUT2D eigenvalue weighted by Gasteiger charge is 2.41. The third-order valence-electron chi connectivity index (χ3n) is 5.30. The first-order valence-corrected chi connectivity index (χ1v) is 7.09. The number of hydrogen-bond donors (Lipinski definition) is 0. The number of hydrogen-bond acceptors (Lipinski definition) is 0. The molecule has 0 heterocycles. The molecular weight excluding hydrogens is 180 g/mol. The molecule has 0 aromatic carbocycles. The Morgan fingerprint density at radius 3 is 1.93 bits per heavy atom. The maximum absolute atomic E-state index is 2.42. The lowest BCUT2D eigenvalue weighted by molar-refractivity contribution is 0.0641. The molecule has 0 aliphatic heterocycles. The Kier molecular flexibility index (Phi) is 3.42. The molecule has 0 amide bonds. The predicted octanol–water partition coefficient (Wildman–Crippen LogP) is 4.74. The van der Waals surface area contributed by atoms with Crippen molar-refractivity contribution in [1.82, 2.24) is 0 Å². The SMILES string of the molecule is CC(C)C1CCC(C2CCC2C(C)C)C1. The van der Waals surface area contributed by atoms with Crippen molar-refractivity contribution in [3.63, 3.8) is 0 Å². The lowest BCUT2D eigenvalue weighted by Gasteiger charge is -2.43. The monoisotopic (exact) mass is 208 g/mol. The maximum atomic E-state index is 2.42. The van der Waals surface area contributed by atoms with Gasteiger partial charge in [0.25, 0.3) is 0 Å². The first kappa shape index (κ1) is 11.5. The summed E-state index contributed by atoms with van der Waals surface area (Å²) in [5.41, 5.74) is 0. The summed E-state index contributed by atoms with van der Waals surface area (Å²) in [5.74, 6) is 6.17. The zero-order chi connectivity index (χ0) is 11.0. The second-order valence-corrected chi connectivity index (χ2v) is 6.73. The first-order valence-electron chi connectivity index (χ1n) is 7.09. The van der Waals surface area contributed by atoms with Crippen LogP contribution in [0.15, 0.2) is 0 Å². The van der Waals surface area contributed by atoms with Crippen molar-refractivity contribution in [3.05, 3.63) is 0 Å². The normalized spacial score (nSPS) is 41.2. The Morgan fingerprint density at radius 2 is 1.53 bits per heavy atom. The molecule has 2 saturated carbocycles. The largest absolute Gasteiger partial charge is 0.0625 e. The maximum Gasteiger partial charge on any atom is -0.0355 e. The van der Waals surface area contributed by atoms with Crippen molar-refractivity contribution in [2.24, 2.45) is 35.5 Å². The molecule has 4 atom stereocenters. The zero-order valence-corrected chi connectivity index (χ0v) is 11.0. The molecule has 2 rings (SSSR count). The van der Waals surface area contributed by atoms with Crippen LogP contribution in [0.5, 0.6) is 0 Å². The zero-order valence-electron chi connectivity index (χ0n) is 11.0. The molecule has 0 spiro atoms. The molecule has 2 aliphatic carbocycles. The van der Waals surface area contributed by atoms with Gasteiger partial charge < -0.3 is 0 Å². The molecule has 2 aliphatic rings. The van der Waals surface area contributed by atoms with Crippen molar-refractivity contribution in [3.8, 4) is 0 Å². The van der Waals surface area contributed by atoms with Crippen LogP contribution >= 0.6 is 0 Å². The van der Waals surface area contributed by atoms with Gasteiger partial charge in [0, 0.05) is 0 Å². The molecule has 88 valence electrons. The summed E-state index contributed by atoms with van der Waals surface area (Å²) in [5, 5.41) is 0. The van der Waals surface area contributed by atoms with Crippen LogP contribution in [0, 0.1) is 35.5 Å². The highest BCUT2D eigenvalue weighted by molar-refractivity contribution is 4.91. The lowest BCUT2D eigenvalue weighted by Crippen LogP contribution is -2.35. The van der Waals surface area contributed by atoms with Gasteiger partial charge in [-0.2, -0.15) is 0 Å². The molecule has 0 N–H and O–H groups in total. The van der Waals surface area contributed by atoms with E-state index < -0.39 is 0 Å². The number of rotatable bonds is 3. The van der Waals surface area contributed by atoms with Crippen LogP contribution in [0.2, 0.25) is 0 Å². The van der Waals surface area contributed by atoms with E-state index in [4.69, 9.17) is 0 Å². The highest BCUT2D eigenvalue weighted by Crippen LogP contribution is 2.51. The van der Waals surface area contributed by atoms with Crippen LogP contribution in [0.3, 0.4) is 0 Å².